The van der Waals surface area contributed by atoms with Gasteiger partial charge < -0.3 is 9.47 Å². The van der Waals surface area contributed by atoms with E-state index < -0.39 is 0 Å². The van der Waals surface area contributed by atoms with E-state index >= 15 is 0 Å². The molecule has 2 heterocycles. The molecule has 2 aliphatic heterocycles. The van der Waals surface area contributed by atoms with Gasteiger partial charge in [-0.25, -0.2) is 0 Å². The summed E-state index contributed by atoms with van der Waals surface area (Å²) in [7, 11) is 0. The van der Waals surface area contributed by atoms with Crippen molar-refractivity contribution in [3.63, 3.8) is 0 Å². The second kappa shape index (κ2) is 3.12. The molecule has 4 aliphatic rings. The molecule has 4 fully saturated rings. The van der Waals surface area contributed by atoms with Crippen molar-refractivity contribution < 1.29 is 14.3 Å². The number of carbonyl (C=O) groups is 1. The molecule has 4 rings (SSSR count). The molecule has 0 aromatic carbocycles. The van der Waals surface area contributed by atoms with E-state index in [0.717, 1.165) is 6.61 Å². The predicted molar refractivity (Wildman–Crippen MR) is 65.8 cm³/mol. The summed E-state index contributed by atoms with van der Waals surface area (Å²) in [5.74, 6) is 2.25. The Bertz CT molecular complexity index is 412. The number of hydrogen-bond acceptors (Lipinski definition) is 3. The van der Waals surface area contributed by atoms with Crippen LogP contribution in [0.1, 0.15) is 33.6 Å². The highest BCUT2D eigenvalue weighted by atomic mass is 16.6. The highest BCUT2D eigenvalue weighted by molar-refractivity contribution is 5.77. The van der Waals surface area contributed by atoms with Gasteiger partial charge in [0.05, 0.1) is 19.1 Å². The Hall–Kier alpha value is -0.570. The van der Waals surface area contributed by atoms with Crippen LogP contribution in [0.3, 0.4) is 0 Å². The maximum atomic E-state index is 12.1. The van der Waals surface area contributed by atoms with Gasteiger partial charge in [-0.3, -0.25) is 4.79 Å². The van der Waals surface area contributed by atoms with Crippen molar-refractivity contribution in [1.82, 2.24) is 0 Å². The van der Waals surface area contributed by atoms with Gasteiger partial charge in [0, 0.05) is 17.3 Å². The quantitative estimate of drug-likeness (QED) is 0.529. The molecule has 0 radical (unpaired) electrons. The lowest BCUT2D eigenvalue weighted by molar-refractivity contribution is -0.145. The van der Waals surface area contributed by atoms with E-state index in [1.165, 1.54) is 12.8 Å². The molecule has 2 aliphatic carbocycles. The lowest BCUT2D eigenvalue weighted by Crippen LogP contribution is -2.47. The number of rotatable bonds is 1. The van der Waals surface area contributed by atoms with Crippen molar-refractivity contribution in [3.8, 4) is 0 Å². The van der Waals surface area contributed by atoms with Crippen LogP contribution in [0, 0.1) is 35.0 Å². The lowest BCUT2D eigenvalue weighted by atomic mass is 9.60. The number of fused-ring (bicyclic) bond motifs is 3. The van der Waals surface area contributed by atoms with E-state index in [1.807, 2.05) is 0 Å². The fraction of sp³-hybridized carbons (Fsp3) is 0.933. The number of esters is 1. The van der Waals surface area contributed by atoms with Crippen LogP contribution in [0.4, 0.5) is 0 Å². The van der Waals surface area contributed by atoms with Crippen LogP contribution < -0.4 is 0 Å². The van der Waals surface area contributed by atoms with Crippen LogP contribution in [0.2, 0.25) is 0 Å². The van der Waals surface area contributed by atoms with E-state index in [1.54, 1.807) is 0 Å². The first kappa shape index (κ1) is 11.3. The molecule has 2 bridgehead atoms. The topological polar surface area (TPSA) is 38.8 Å². The molecule has 0 aromatic rings. The Morgan fingerprint density at radius 2 is 2.11 bits per heavy atom. The second-order valence-electron chi connectivity index (χ2n) is 7.33. The normalized spacial score (nSPS) is 57.0. The summed E-state index contributed by atoms with van der Waals surface area (Å²) in [6.45, 7) is 8.42. The molecule has 0 N–H and O–H groups in total. The number of epoxide rings is 1. The summed E-state index contributed by atoms with van der Waals surface area (Å²) < 4.78 is 11.4. The van der Waals surface area contributed by atoms with Crippen molar-refractivity contribution in [2.24, 2.45) is 35.0 Å². The van der Waals surface area contributed by atoms with Crippen LogP contribution in [0.15, 0.2) is 0 Å². The first-order valence-electron chi connectivity index (χ1n) is 7.32. The summed E-state index contributed by atoms with van der Waals surface area (Å²) in [4.78, 5) is 12.1. The Kier molecular flexibility index (Phi) is 1.95. The molecular formula is C15H22O3. The molecule has 18 heavy (non-hydrogen) atoms. The molecule has 2 saturated carbocycles. The molecule has 3 heteroatoms. The number of ether oxygens (including phenoxy) is 2. The summed E-state index contributed by atoms with van der Waals surface area (Å²) in [6, 6.07) is 0. The average molecular weight is 250 g/mol. The van der Waals surface area contributed by atoms with Gasteiger partial charge in [0.1, 0.15) is 5.60 Å². The Morgan fingerprint density at radius 3 is 2.72 bits per heavy atom. The monoisotopic (exact) mass is 250 g/mol. The standard InChI is InChI=1S/C15H22O3/c1-8(2)9-4-5-14(3)10-6-17-13(16)11(10)12(9)15(14)7-18-15/h8-12H,4-7H2,1-3H3/t9-,10+,11-,12+,14-,15+/m0/s1. The minimum absolute atomic E-state index is 0.0228. The molecule has 0 unspecified atom stereocenters. The molecule has 1 spiro atoms. The third-order valence-corrected chi connectivity index (χ3v) is 6.59. The van der Waals surface area contributed by atoms with Crippen LogP contribution in [0.5, 0.6) is 0 Å². The lowest BCUT2D eigenvalue weighted by Gasteiger charge is -2.44. The molecule has 3 nitrogen and oxygen atoms in total. The zero-order valence-corrected chi connectivity index (χ0v) is 11.4. The Labute approximate surface area is 108 Å². The fourth-order valence-electron chi connectivity index (χ4n) is 5.50. The van der Waals surface area contributed by atoms with Crippen LogP contribution >= 0.6 is 0 Å². The minimum Gasteiger partial charge on any atom is -0.465 e. The Balaban J connectivity index is 1.83. The first-order chi connectivity index (χ1) is 8.51. The van der Waals surface area contributed by atoms with Crippen LogP contribution in [-0.2, 0) is 14.3 Å². The summed E-state index contributed by atoms with van der Waals surface area (Å²) in [6.07, 6.45) is 2.45. The molecule has 6 atom stereocenters. The van der Waals surface area contributed by atoms with Crippen molar-refractivity contribution in [2.45, 2.75) is 39.2 Å². The number of carbonyl (C=O) groups excluding carboxylic acids is 1. The average Bonchev–Trinajstić information content (AvgIpc) is 2.99. The summed E-state index contributed by atoms with van der Waals surface area (Å²) in [5, 5.41) is 0. The third-order valence-electron chi connectivity index (χ3n) is 6.59. The smallest absolute Gasteiger partial charge is 0.309 e. The van der Waals surface area contributed by atoms with Gasteiger partial charge >= 0.3 is 5.97 Å². The Morgan fingerprint density at radius 1 is 1.39 bits per heavy atom. The number of hydrogen-bond donors (Lipinski definition) is 0. The largest absolute Gasteiger partial charge is 0.465 e. The molecule has 0 aromatic heterocycles. The van der Waals surface area contributed by atoms with Crippen molar-refractivity contribution in [3.05, 3.63) is 0 Å². The van der Waals surface area contributed by atoms with Crippen LogP contribution in [0.25, 0.3) is 0 Å². The van der Waals surface area contributed by atoms with Gasteiger partial charge in [-0.1, -0.05) is 20.8 Å². The van der Waals surface area contributed by atoms with E-state index in [2.05, 4.69) is 20.8 Å². The van der Waals surface area contributed by atoms with Gasteiger partial charge in [0.2, 0.25) is 0 Å². The van der Waals surface area contributed by atoms with Gasteiger partial charge in [-0.2, -0.15) is 0 Å². The molecule has 100 valence electrons. The maximum Gasteiger partial charge on any atom is 0.309 e. The van der Waals surface area contributed by atoms with Gasteiger partial charge in [0.15, 0.2) is 0 Å². The van der Waals surface area contributed by atoms with E-state index in [9.17, 15) is 4.79 Å². The molecular weight excluding hydrogens is 228 g/mol. The fourth-order valence-corrected chi connectivity index (χ4v) is 5.50. The van der Waals surface area contributed by atoms with Gasteiger partial charge in [-0.15, -0.1) is 0 Å². The highest BCUT2D eigenvalue weighted by Gasteiger charge is 2.79. The number of cyclic esters (lactones) is 1. The first-order valence-corrected chi connectivity index (χ1v) is 7.32. The third kappa shape index (κ3) is 1.01. The molecule has 2 saturated heterocycles. The van der Waals surface area contributed by atoms with E-state index in [4.69, 9.17) is 9.47 Å². The minimum atomic E-state index is 0.0228. The highest BCUT2D eigenvalue weighted by Crippen LogP contribution is 2.73. The predicted octanol–water partition coefficient (Wildman–Crippen LogP) is 2.25. The molecule has 0 amide bonds. The maximum absolute atomic E-state index is 12.1. The summed E-state index contributed by atoms with van der Waals surface area (Å²) in [5.41, 5.74) is 0.203. The van der Waals surface area contributed by atoms with E-state index in [0.29, 0.717) is 30.3 Å². The van der Waals surface area contributed by atoms with Crippen molar-refractivity contribution >= 4 is 5.97 Å². The SMILES string of the molecule is CC(C)[C@@H]1CC[C@@]2(C)[C@@H]3COC(=O)[C@@H]3[C@@H]1[C@]21CO1. The van der Waals surface area contributed by atoms with Crippen LogP contribution in [-0.4, -0.2) is 24.8 Å². The van der Waals surface area contributed by atoms with Crippen molar-refractivity contribution in [1.29, 1.82) is 0 Å². The second-order valence-corrected chi connectivity index (χ2v) is 7.33. The van der Waals surface area contributed by atoms with Gasteiger partial charge in [0.25, 0.3) is 0 Å². The summed E-state index contributed by atoms with van der Waals surface area (Å²) >= 11 is 0. The van der Waals surface area contributed by atoms with Crippen molar-refractivity contribution in [2.75, 3.05) is 13.2 Å². The zero-order chi connectivity index (χ0) is 12.7. The van der Waals surface area contributed by atoms with Gasteiger partial charge in [-0.05, 0) is 24.7 Å². The zero-order valence-electron chi connectivity index (χ0n) is 11.4. The van der Waals surface area contributed by atoms with E-state index in [-0.39, 0.29) is 22.9 Å².